The lowest BCUT2D eigenvalue weighted by molar-refractivity contribution is -0.117. The first-order chi connectivity index (χ1) is 14.9. The van der Waals surface area contributed by atoms with Crippen LogP contribution in [0, 0.1) is 11.8 Å². The second-order valence-corrected chi connectivity index (χ2v) is 9.30. The van der Waals surface area contributed by atoms with E-state index in [0.29, 0.717) is 30.9 Å². The fourth-order valence-corrected chi connectivity index (χ4v) is 4.87. The second-order valence-electron chi connectivity index (χ2n) is 9.30. The highest BCUT2D eigenvalue weighted by Gasteiger charge is 2.37. The monoisotopic (exact) mass is 420 g/mol. The summed E-state index contributed by atoms with van der Waals surface area (Å²) in [5.41, 5.74) is 2.96. The minimum Gasteiger partial charge on any atom is -0.378 e. The summed E-state index contributed by atoms with van der Waals surface area (Å²) in [6.07, 6.45) is 2.80. The number of anilines is 2. The number of carbonyl (C=O) groups excluding carboxylic acids is 2. The van der Waals surface area contributed by atoms with E-state index in [1.54, 1.807) is 6.07 Å². The van der Waals surface area contributed by atoms with E-state index in [1.807, 2.05) is 58.8 Å². The Balaban J connectivity index is 1.35. The number of fused-ring (bicyclic) bond motifs is 4. The van der Waals surface area contributed by atoms with Gasteiger partial charge in [0.25, 0.3) is 11.5 Å². The molecule has 1 N–H and O–H groups in total. The third-order valence-corrected chi connectivity index (χ3v) is 6.73. The molecule has 3 heterocycles. The summed E-state index contributed by atoms with van der Waals surface area (Å²) >= 11 is 0. The molecule has 2 amide bonds. The largest absolute Gasteiger partial charge is 0.378 e. The maximum Gasteiger partial charge on any atom is 0.274 e. The van der Waals surface area contributed by atoms with Gasteiger partial charge >= 0.3 is 0 Å². The molecule has 3 aliphatic rings. The van der Waals surface area contributed by atoms with Crippen LogP contribution < -0.4 is 15.8 Å². The predicted octanol–water partition coefficient (Wildman–Crippen LogP) is 2.52. The summed E-state index contributed by atoms with van der Waals surface area (Å²) in [6, 6.07) is 11.4. The molecule has 0 unspecified atom stereocenters. The van der Waals surface area contributed by atoms with Gasteiger partial charge in [0.05, 0.1) is 0 Å². The number of nitrogens with one attached hydrogen (secondary N) is 1. The molecule has 7 heteroatoms. The average molecular weight is 421 g/mol. The second kappa shape index (κ2) is 7.55. The number of piperidine rings is 1. The minimum absolute atomic E-state index is 0.0455. The van der Waals surface area contributed by atoms with Crippen molar-refractivity contribution in [3.63, 3.8) is 0 Å². The smallest absolute Gasteiger partial charge is 0.274 e. The molecular formula is C24H28N4O3. The summed E-state index contributed by atoms with van der Waals surface area (Å²) in [4.78, 5) is 42.2. The molecule has 2 atom stereocenters. The van der Waals surface area contributed by atoms with Crippen molar-refractivity contribution >= 4 is 23.2 Å². The molecule has 7 nitrogen and oxygen atoms in total. The first-order valence-corrected chi connectivity index (χ1v) is 11.0. The lowest BCUT2D eigenvalue weighted by Gasteiger charge is -2.43. The van der Waals surface area contributed by atoms with E-state index in [4.69, 9.17) is 0 Å². The Morgan fingerprint density at radius 3 is 2.42 bits per heavy atom. The van der Waals surface area contributed by atoms with Crippen LogP contribution in [0.5, 0.6) is 0 Å². The zero-order valence-corrected chi connectivity index (χ0v) is 18.0. The van der Waals surface area contributed by atoms with Crippen molar-refractivity contribution in [2.24, 2.45) is 11.8 Å². The van der Waals surface area contributed by atoms with Gasteiger partial charge in [-0.1, -0.05) is 0 Å². The van der Waals surface area contributed by atoms with Gasteiger partial charge in [0.15, 0.2) is 0 Å². The average Bonchev–Trinajstić information content (AvgIpc) is 3.61. The summed E-state index contributed by atoms with van der Waals surface area (Å²) in [5.74, 6) is 0.433. The molecule has 1 saturated heterocycles. The van der Waals surface area contributed by atoms with E-state index >= 15 is 0 Å². The van der Waals surface area contributed by atoms with Crippen LogP contribution in [0.25, 0.3) is 0 Å². The molecule has 162 valence electrons. The molecule has 2 fully saturated rings. The van der Waals surface area contributed by atoms with Crippen molar-refractivity contribution < 1.29 is 9.59 Å². The summed E-state index contributed by atoms with van der Waals surface area (Å²) in [5, 5.41) is 2.81. The van der Waals surface area contributed by atoms with Crippen molar-refractivity contribution in [1.82, 2.24) is 9.47 Å². The van der Waals surface area contributed by atoms with Gasteiger partial charge in [-0.05, 0) is 61.6 Å². The van der Waals surface area contributed by atoms with Crippen LogP contribution in [-0.4, -0.2) is 48.5 Å². The van der Waals surface area contributed by atoms with Crippen LogP contribution in [0.4, 0.5) is 11.4 Å². The number of amides is 2. The highest BCUT2D eigenvalue weighted by Crippen LogP contribution is 2.36. The lowest BCUT2D eigenvalue weighted by atomic mass is 9.83. The molecule has 0 radical (unpaired) electrons. The molecule has 2 aliphatic heterocycles. The van der Waals surface area contributed by atoms with E-state index in [9.17, 15) is 14.4 Å². The molecule has 2 bridgehead atoms. The van der Waals surface area contributed by atoms with E-state index in [2.05, 4.69) is 5.32 Å². The minimum atomic E-state index is -0.125. The third kappa shape index (κ3) is 3.73. The highest BCUT2D eigenvalue weighted by molar-refractivity contribution is 5.95. The zero-order chi connectivity index (χ0) is 21.7. The van der Waals surface area contributed by atoms with Crippen molar-refractivity contribution in [2.75, 3.05) is 37.4 Å². The lowest BCUT2D eigenvalue weighted by Crippen LogP contribution is -2.49. The number of pyridine rings is 1. The molecule has 2 aromatic rings. The number of aromatic nitrogens is 1. The third-order valence-electron chi connectivity index (χ3n) is 6.73. The number of carbonyl (C=O) groups is 2. The van der Waals surface area contributed by atoms with E-state index in [-0.39, 0.29) is 35.1 Å². The van der Waals surface area contributed by atoms with E-state index < -0.39 is 0 Å². The van der Waals surface area contributed by atoms with Crippen molar-refractivity contribution in [3.8, 4) is 0 Å². The Kier molecular flexibility index (Phi) is 4.84. The Morgan fingerprint density at radius 2 is 1.74 bits per heavy atom. The summed E-state index contributed by atoms with van der Waals surface area (Å²) in [6.45, 7) is 1.84. The maximum atomic E-state index is 13.1. The maximum absolute atomic E-state index is 13.1. The Labute approximate surface area is 181 Å². The fraction of sp³-hybridized carbons (Fsp3) is 0.458. The van der Waals surface area contributed by atoms with Crippen LogP contribution in [0.3, 0.4) is 0 Å². The Morgan fingerprint density at radius 1 is 1.00 bits per heavy atom. The first kappa shape index (κ1) is 19.8. The van der Waals surface area contributed by atoms with Gasteiger partial charge in [0.1, 0.15) is 5.69 Å². The number of hydrogen-bond donors (Lipinski definition) is 1. The van der Waals surface area contributed by atoms with Gasteiger partial charge in [-0.15, -0.1) is 0 Å². The Hall–Kier alpha value is -3.09. The molecule has 1 aliphatic carbocycles. The molecule has 0 spiro atoms. The van der Waals surface area contributed by atoms with Crippen molar-refractivity contribution in [3.05, 3.63) is 58.0 Å². The quantitative estimate of drug-likeness (QED) is 0.825. The van der Waals surface area contributed by atoms with Crippen LogP contribution in [0.2, 0.25) is 0 Å². The molecule has 1 aromatic carbocycles. The van der Waals surface area contributed by atoms with Crippen LogP contribution >= 0.6 is 0 Å². The fourth-order valence-electron chi connectivity index (χ4n) is 4.87. The molecule has 1 saturated carbocycles. The van der Waals surface area contributed by atoms with Crippen LogP contribution in [-0.2, 0) is 11.3 Å². The van der Waals surface area contributed by atoms with Gasteiger partial charge in [-0.3, -0.25) is 14.4 Å². The number of benzene rings is 1. The van der Waals surface area contributed by atoms with Gasteiger partial charge in [-0.25, -0.2) is 0 Å². The predicted molar refractivity (Wildman–Crippen MR) is 120 cm³/mol. The summed E-state index contributed by atoms with van der Waals surface area (Å²) in [7, 11) is 3.95. The number of nitrogens with zero attached hydrogens (tertiary/aromatic N) is 3. The Bertz CT molecular complexity index is 1080. The van der Waals surface area contributed by atoms with Crippen LogP contribution in [0.15, 0.2) is 41.2 Å². The first-order valence-electron chi connectivity index (χ1n) is 11.0. The van der Waals surface area contributed by atoms with Crippen LogP contribution in [0.1, 0.15) is 41.2 Å². The van der Waals surface area contributed by atoms with Crippen molar-refractivity contribution in [1.29, 1.82) is 0 Å². The molecule has 5 rings (SSSR count). The highest BCUT2D eigenvalue weighted by atomic mass is 16.2. The topological polar surface area (TPSA) is 74.7 Å². The van der Waals surface area contributed by atoms with E-state index in [1.165, 1.54) is 0 Å². The zero-order valence-electron chi connectivity index (χ0n) is 18.0. The van der Waals surface area contributed by atoms with Gasteiger partial charge < -0.3 is 19.7 Å². The number of likely N-dealkylation sites (tertiary alicyclic amines) is 1. The SMILES string of the molecule is CN(C)c1ccc(C(=O)N2C[C@@H]3C[C@H](C2)c2ccc(NC(=O)C4CC4)c(=O)n2C3)cc1. The normalized spacial score (nSPS) is 21.9. The molecule has 31 heavy (non-hydrogen) atoms. The molecular weight excluding hydrogens is 392 g/mol. The van der Waals surface area contributed by atoms with Gasteiger partial charge in [-0.2, -0.15) is 0 Å². The summed E-state index contributed by atoms with van der Waals surface area (Å²) < 4.78 is 1.81. The van der Waals surface area contributed by atoms with Gasteiger partial charge in [0, 0.05) is 62.5 Å². The van der Waals surface area contributed by atoms with Gasteiger partial charge in [0.2, 0.25) is 5.91 Å². The number of rotatable bonds is 4. The number of hydrogen-bond acceptors (Lipinski definition) is 4. The standard InChI is InChI=1S/C24H28N4O3/c1-26(2)19-7-5-17(6-8-19)23(30)27-12-15-11-18(14-27)21-10-9-20(24(31)28(21)13-15)25-22(29)16-3-4-16/h5-10,15-16,18H,3-4,11-14H2,1-2H3,(H,25,29)/t15-,18+/m0/s1. The van der Waals surface area contributed by atoms with E-state index in [0.717, 1.165) is 30.6 Å². The van der Waals surface area contributed by atoms with Crippen molar-refractivity contribution in [2.45, 2.75) is 31.7 Å². The molecule has 1 aromatic heterocycles.